The highest BCUT2D eigenvalue weighted by atomic mass is 16.5. The Kier molecular flexibility index (Phi) is 3.39. The number of ether oxygens (including phenoxy) is 1. The van der Waals surface area contributed by atoms with E-state index in [9.17, 15) is 4.79 Å². The third kappa shape index (κ3) is 2.45. The van der Waals surface area contributed by atoms with E-state index >= 15 is 0 Å². The maximum Gasteiger partial charge on any atom is 0.322 e. The quantitative estimate of drug-likeness (QED) is 0.779. The second-order valence-corrected chi connectivity index (χ2v) is 3.84. The molecule has 0 aliphatic heterocycles. The fourth-order valence-electron chi connectivity index (χ4n) is 1.68. The van der Waals surface area contributed by atoms with Crippen LogP contribution in [0.25, 0.3) is 11.0 Å². The number of methoxy groups -OCH3 is 1. The molecular formula is C12H15N3O2. The number of rotatable bonds is 4. The molecule has 2 aromatic rings. The predicted molar refractivity (Wildman–Crippen MR) is 64.4 cm³/mol. The van der Waals surface area contributed by atoms with Gasteiger partial charge >= 0.3 is 5.97 Å². The number of aromatic nitrogens is 2. The van der Waals surface area contributed by atoms with Gasteiger partial charge in [0.2, 0.25) is 0 Å². The first-order valence-corrected chi connectivity index (χ1v) is 5.44. The van der Waals surface area contributed by atoms with Crippen LogP contribution in [-0.4, -0.2) is 29.1 Å². The van der Waals surface area contributed by atoms with Crippen molar-refractivity contribution in [3.8, 4) is 0 Å². The Hall–Kier alpha value is -1.88. The van der Waals surface area contributed by atoms with Crippen molar-refractivity contribution < 1.29 is 9.53 Å². The first-order chi connectivity index (χ1) is 8.22. The third-order valence-electron chi connectivity index (χ3n) is 2.69. The van der Waals surface area contributed by atoms with Gasteiger partial charge in [0.15, 0.2) is 0 Å². The molecule has 5 heteroatoms. The van der Waals surface area contributed by atoms with Gasteiger partial charge in [-0.05, 0) is 24.6 Å². The van der Waals surface area contributed by atoms with Gasteiger partial charge < -0.3 is 15.0 Å². The van der Waals surface area contributed by atoms with E-state index in [1.807, 2.05) is 18.3 Å². The lowest BCUT2D eigenvalue weighted by Crippen LogP contribution is -2.34. The van der Waals surface area contributed by atoms with Crippen molar-refractivity contribution >= 4 is 17.0 Å². The summed E-state index contributed by atoms with van der Waals surface area (Å²) >= 11 is 0. The topological polar surface area (TPSA) is 67.0 Å². The molecule has 0 spiro atoms. The number of pyridine rings is 1. The van der Waals surface area contributed by atoms with Crippen LogP contribution < -0.4 is 5.32 Å². The Morgan fingerprint density at radius 2 is 2.47 bits per heavy atom. The fraction of sp³-hybridized carbons (Fsp3) is 0.333. The molecule has 0 aliphatic rings. The summed E-state index contributed by atoms with van der Waals surface area (Å²) in [6, 6.07) is 3.57. The minimum absolute atomic E-state index is 0.261. The SMILES string of the molecule is COC(=O)[C@H](C)NCc1c[nH]c2ncccc12. The number of esters is 1. The van der Waals surface area contributed by atoms with Gasteiger partial charge in [-0.1, -0.05) is 0 Å². The van der Waals surface area contributed by atoms with Gasteiger partial charge in [0.05, 0.1) is 7.11 Å². The highest BCUT2D eigenvalue weighted by Gasteiger charge is 2.12. The molecule has 1 atom stereocenters. The Balaban J connectivity index is 2.07. The smallest absolute Gasteiger partial charge is 0.322 e. The highest BCUT2D eigenvalue weighted by molar-refractivity contribution is 5.79. The number of fused-ring (bicyclic) bond motifs is 1. The number of carbonyl (C=O) groups excluding carboxylic acids is 1. The molecule has 0 fully saturated rings. The molecule has 0 aliphatic carbocycles. The summed E-state index contributed by atoms with van der Waals surface area (Å²) in [6.45, 7) is 2.38. The van der Waals surface area contributed by atoms with Crippen molar-refractivity contribution in [3.63, 3.8) is 0 Å². The zero-order chi connectivity index (χ0) is 12.3. The summed E-state index contributed by atoms with van der Waals surface area (Å²) in [6.07, 6.45) is 3.64. The summed E-state index contributed by atoms with van der Waals surface area (Å²) in [7, 11) is 1.39. The average Bonchev–Trinajstić information content (AvgIpc) is 2.78. The Bertz CT molecular complexity index is 521. The zero-order valence-corrected chi connectivity index (χ0v) is 9.86. The van der Waals surface area contributed by atoms with E-state index in [1.165, 1.54) is 7.11 Å². The molecule has 0 radical (unpaired) electrons. The van der Waals surface area contributed by atoms with Crippen molar-refractivity contribution in [1.29, 1.82) is 0 Å². The predicted octanol–water partition coefficient (Wildman–Crippen LogP) is 1.21. The van der Waals surface area contributed by atoms with Gasteiger partial charge in [0.1, 0.15) is 11.7 Å². The van der Waals surface area contributed by atoms with Crippen LogP contribution in [0.15, 0.2) is 24.5 Å². The number of aromatic amines is 1. The van der Waals surface area contributed by atoms with Crippen LogP contribution in [0.3, 0.4) is 0 Å². The minimum atomic E-state index is -0.318. The Labute approximate surface area is 99.2 Å². The van der Waals surface area contributed by atoms with E-state index in [-0.39, 0.29) is 12.0 Å². The van der Waals surface area contributed by atoms with Crippen molar-refractivity contribution in [2.24, 2.45) is 0 Å². The van der Waals surface area contributed by atoms with E-state index in [0.717, 1.165) is 16.6 Å². The average molecular weight is 233 g/mol. The van der Waals surface area contributed by atoms with E-state index < -0.39 is 0 Å². The highest BCUT2D eigenvalue weighted by Crippen LogP contribution is 2.15. The van der Waals surface area contributed by atoms with Crippen LogP contribution in [0.4, 0.5) is 0 Å². The summed E-state index contributed by atoms with van der Waals surface area (Å²) in [5, 5.41) is 4.17. The third-order valence-corrected chi connectivity index (χ3v) is 2.69. The second kappa shape index (κ2) is 4.97. The van der Waals surface area contributed by atoms with Crippen LogP contribution in [0.2, 0.25) is 0 Å². The Morgan fingerprint density at radius 1 is 1.65 bits per heavy atom. The standard InChI is InChI=1S/C12H15N3O2/c1-8(12(16)17-2)14-6-9-7-15-11-10(9)4-3-5-13-11/h3-5,7-8,14H,6H2,1-2H3,(H,13,15)/t8-/m0/s1. The van der Waals surface area contributed by atoms with Crippen LogP contribution in [0.1, 0.15) is 12.5 Å². The summed E-state index contributed by atoms with van der Waals surface area (Å²) < 4.78 is 4.65. The summed E-state index contributed by atoms with van der Waals surface area (Å²) in [4.78, 5) is 18.5. The van der Waals surface area contributed by atoms with Crippen LogP contribution in [0, 0.1) is 0 Å². The lowest BCUT2D eigenvalue weighted by molar-refractivity contribution is -0.142. The number of carbonyl (C=O) groups is 1. The molecule has 90 valence electrons. The zero-order valence-electron chi connectivity index (χ0n) is 9.86. The van der Waals surface area contributed by atoms with Gasteiger partial charge in [-0.2, -0.15) is 0 Å². The molecule has 0 amide bonds. The van der Waals surface area contributed by atoms with Crippen molar-refractivity contribution in [1.82, 2.24) is 15.3 Å². The fourth-order valence-corrected chi connectivity index (χ4v) is 1.68. The second-order valence-electron chi connectivity index (χ2n) is 3.84. The van der Waals surface area contributed by atoms with Gasteiger partial charge in [-0.25, -0.2) is 4.98 Å². The van der Waals surface area contributed by atoms with E-state index in [1.54, 1.807) is 13.1 Å². The van der Waals surface area contributed by atoms with Crippen LogP contribution >= 0.6 is 0 Å². The van der Waals surface area contributed by atoms with Crippen LogP contribution in [0.5, 0.6) is 0 Å². The number of H-pyrrole nitrogens is 1. The molecule has 0 aromatic carbocycles. The van der Waals surface area contributed by atoms with Gasteiger partial charge in [0.25, 0.3) is 0 Å². The maximum atomic E-state index is 11.2. The molecule has 0 saturated heterocycles. The van der Waals surface area contributed by atoms with Gasteiger partial charge in [-0.3, -0.25) is 4.79 Å². The lowest BCUT2D eigenvalue weighted by atomic mass is 10.2. The number of hydrogen-bond donors (Lipinski definition) is 2. The molecule has 2 N–H and O–H groups in total. The first-order valence-electron chi connectivity index (χ1n) is 5.44. The minimum Gasteiger partial charge on any atom is -0.468 e. The molecule has 2 rings (SSSR count). The molecule has 0 bridgehead atoms. The molecule has 0 unspecified atom stereocenters. The van der Waals surface area contributed by atoms with E-state index in [4.69, 9.17) is 0 Å². The molecule has 5 nitrogen and oxygen atoms in total. The monoisotopic (exact) mass is 233 g/mol. The number of nitrogens with one attached hydrogen (secondary N) is 2. The maximum absolute atomic E-state index is 11.2. The Morgan fingerprint density at radius 3 is 3.24 bits per heavy atom. The number of hydrogen-bond acceptors (Lipinski definition) is 4. The van der Waals surface area contributed by atoms with Crippen molar-refractivity contribution in [2.75, 3.05) is 7.11 Å². The largest absolute Gasteiger partial charge is 0.468 e. The molecule has 0 saturated carbocycles. The molecule has 17 heavy (non-hydrogen) atoms. The lowest BCUT2D eigenvalue weighted by Gasteiger charge is -2.10. The molecular weight excluding hydrogens is 218 g/mol. The van der Waals surface area contributed by atoms with Gasteiger partial charge in [-0.15, -0.1) is 0 Å². The molecule has 2 heterocycles. The van der Waals surface area contributed by atoms with Crippen molar-refractivity contribution in [3.05, 3.63) is 30.1 Å². The van der Waals surface area contributed by atoms with E-state index in [0.29, 0.717) is 6.54 Å². The molecule has 2 aromatic heterocycles. The van der Waals surface area contributed by atoms with E-state index in [2.05, 4.69) is 20.0 Å². The van der Waals surface area contributed by atoms with Crippen LogP contribution in [-0.2, 0) is 16.1 Å². The summed E-state index contributed by atoms with van der Waals surface area (Å²) in [5.41, 5.74) is 1.94. The number of nitrogens with zero attached hydrogens (tertiary/aromatic N) is 1. The summed E-state index contributed by atoms with van der Waals surface area (Å²) in [5.74, 6) is -0.261. The first kappa shape index (κ1) is 11.6. The van der Waals surface area contributed by atoms with Crippen molar-refractivity contribution in [2.45, 2.75) is 19.5 Å². The normalized spacial score (nSPS) is 12.6. The van der Waals surface area contributed by atoms with Gasteiger partial charge in [0, 0.05) is 24.3 Å².